The fourth-order valence-corrected chi connectivity index (χ4v) is 1.46. The molecule has 0 saturated carbocycles. The topological polar surface area (TPSA) is 102 Å². The summed E-state index contributed by atoms with van der Waals surface area (Å²) in [5, 5.41) is 8.51. The zero-order chi connectivity index (χ0) is 10.1. The minimum atomic E-state index is -5.15. The van der Waals surface area contributed by atoms with Crippen LogP contribution in [-0.2, 0) is 13.8 Å². The number of phosphoric ester groups is 1. The molecule has 0 spiro atoms. The number of rotatable bonds is 3. The Kier molecular flexibility index (Phi) is 12.6. The van der Waals surface area contributed by atoms with E-state index in [1.807, 2.05) is 0 Å². The van der Waals surface area contributed by atoms with Gasteiger partial charge in [0.25, 0.3) is 0 Å². The molecule has 6 nitrogen and oxygen atoms in total. The molecule has 1 heterocycles. The van der Waals surface area contributed by atoms with Crippen LogP contribution in [0.5, 0.6) is 0 Å². The van der Waals surface area contributed by atoms with Gasteiger partial charge in [0, 0.05) is 6.42 Å². The van der Waals surface area contributed by atoms with E-state index in [2.05, 4.69) is 9.26 Å². The number of hydrogen-bond acceptors (Lipinski definition) is 6. The first kappa shape index (κ1) is 20.5. The minimum Gasteiger partial charge on any atom is -0.790 e. The molecule has 1 saturated heterocycles. The summed E-state index contributed by atoms with van der Waals surface area (Å²) in [6, 6.07) is 0. The predicted molar refractivity (Wildman–Crippen MR) is 34.0 cm³/mol. The van der Waals surface area contributed by atoms with Gasteiger partial charge in [0.1, 0.15) is 12.3 Å². The van der Waals surface area contributed by atoms with E-state index in [9.17, 15) is 18.7 Å². The Morgan fingerprint density at radius 3 is 2.40 bits per heavy atom. The Balaban J connectivity index is 0. The minimum absolute atomic E-state index is 0. The number of aliphatic hydroxyl groups excluding tert-OH is 1. The van der Waals surface area contributed by atoms with Crippen LogP contribution in [0.3, 0.4) is 0 Å². The van der Waals surface area contributed by atoms with Crippen molar-refractivity contribution in [1.82, 2.24) is 0 Å². The third kappa shape index (κ3) is 8.09. The molecule has 1 aliphatic heterocycles. The van der Waals surface area contributed by atoms with Crippen LogP contribution in [-0.4, -0.2) is 30.3 Å². The Bertz CT molecular complexity index is 226. The summed E-state index contributed by atoms with van der Waals surface area (Å²) in [4.78, 5) is 20.1. The third-order valence-corrected chi connectivity index (χ3v) is 2.07. The van der Waals surface area contributed by atoms with E-state index in [0.29, 0.717) is 0 Å². The number of aliphatic hydroxyl groups is 1. The summed E-state index contributed by atoms with van der Waals surface area (Å²) in [6.07, 6.45) is -4.40. The molecule has 15 heavy (non-hydrogen) atoms. The average molecular weight is 292 g/mol. The van der Waals surface area contributed by atoms with Crippen molar-refractivity contribution in [3.05, 3.63) is 0 Å². The second-order valence-electron chi connectivity index (χ2n) is 2.59. The van der Waals surface area contributed by atoms with Crippen molar-refractivity contribution in [2.24, 2.45) is 0 Å². The molecule has 0 aromatic rings. The standard InChI is InChI=1S/C5H10FO6P.2K/c6-3-1-5(11-4(3)2-7)12-13(8,9)10;;/h3-5,7H,1-2H2,(H2,8,9,10);;/q;2*+1/p-2/t3-,4+,5+;;/m0../s1. The van der Waals surface area contributed by atoms with E-state index in [0.717, 1.165) is 0 Å². The maximum Gasteiger partial charge on any atom is 1.00 e. The molecule has 1 aliphatic rings. The Morgan fingerprint density at radius 2 is 2.07 bits per heavy atom. The number of ether oxygens (including phenoxy) is 1. The van der Waals surface area contributed by atoms with Crippen LogP contribution >= 0.6 is 7.82 Å². The summed E-state index contributed by atoms with van der Waals surface area (Å²) in [5.41, 5.74) is 0. The smallest absolute Gasteiger partial charge is 0.790 e. The largest absolute Gasteiger partial charge is 1.00 e. The first-order chi connectivity index (χ1) is 5.92. The fourth-order valence-electron chi connectivity index (χ4n) is 1.04. The average Bonchev–Trinajstić information content (AvgIpc) is 2.26. The second kappa shape index (κ2) is 9.19. The molecular weight excluding hydrogens is 284 g/mol. The monoisotopic (exact) mass is 292 g/mol. The molecule has 0 aromatic heterocycles. The van der Waals surface area contributed by atoms with Gasteiger partial charge in [-0.25, -0.2) is 4.39 Å². The van der Waals surface area contributed by atoms with Gasteiger partial charge in [0.2, 0.25) is 0 Å². The second-order valence-corrected chi connectivity index (χ2v) is 3.70. The van der Waals surface area contributed by atoms with Crippen LogP contribution < -0.4 is 113 Å². The van der Waals surface area contributed by atoms with Crippen molar-refractivity contribution in [2.75, 3.05) is 6.61 Å². The molecule has 1 fully saturated rings. The van der Waals surface area contributed by atoms with Crippen LogP contribution in [0.2, 0.25) is 0 Å². The van der Waals surface area contributed by atoms with Crippen LogP contribution in [0.25, 0.3) is 0 Å². The molecule has 3 atom stereocenters. The summed E-state index contributed by atoms with van der Waals surface area (Å²) in [5.74, 6) is 0. The summed E-state index contributed by atoms with van der Waals surface area (Å²) in [6.45, 7) is -0.580. The van der Waals surface area contributed by atoms with Gasteiger partial charge >= 0.3 is 103 Å². The van der Waals surface area contributed by atoms with Gasteiger partial charge in [-0.05, 0) is 0 Å². The summed E-state index contributed by atoms with van der Waals surface area (Å²) < 4.78 is 31.3. The molecular formula is C5H8FK2O6P. The van der Waals surface area contributed by atoms with E-state index in [1.165, 1.54) is 0 Å². The fraction of sp³-hybridized carbons (Fsp3) is 1.00. The molecule has 1 rings (SSSR count). The number of hydrogen-bond donors (Lipinski definition) is 1. The first-order valence-corrected chi connectivity index (χ1v) is 4.99. The number of phosphoric acid groups is 1. The van der Waals surface area contributed by atoms with Crippen molar-refractivity contribution in [3.63, 3.8) is 0 Å². The molecule has 0 amide bonds. The van der Waals surface area contributed by atoms with Gasteiger partial charge in [-0.1, -0.05) is 0 Å². The zero-order valence-electron chi connectivity index (χ0n) is 8.46. The predicted octanol–water partition coefficient (Wildman–Crippen LogP) is -7.71. The third-order valence-electron chi connectivity index (χ3n) is 1.57. The van der Waals surface area contributed by atoms with Gasteiger partial charge in [-0.15, -0.1) is 0 Å². The van der Waals surface area contributed by atoms with Gasteiger partial charge in [-0.2, -0.15) is 0 Å². The van der Waals surface area contributed by atoms with Crippen LogP contribution in [0.1, 0.15) is 6.42 Å². The van der Waals surface area contributed by atoms with Gasteiger partial charge in [-0.3, -0.25) is 0 Å². The molecule has 78 valence electrons. The Morgan fingerprint density at radius 1 is 1.53 bits per heavy atom. The van der Waals surface area contributed by atoms with E-state index in [4.69, 9.17) is 5.11 Å². The molecule has 0 bridgehead atoms. The Hall–Kier alpha value is 3.23. The molecule has 10 heteroatoms. The van der Waals surface area contributed by atoms with Crippen LogP contribution in [0.15, 0.2) is 0 Å². The SMILES string of the molecule is O=P([O-])([O-])O[C@@H]1C[C@H](F)[C@@H](CO)O1.[K+].[K+]. The van der Waals surface area contributed by atoms with Crippen LogP contribution in [0.4, 0.5) is 4.39 Å². The molecule has 0 radical (unpaired) electrons. The number of alkyl halides is 1. The van der Waals surface area contributed by atoms with Gasteiger partial charge in [0.15, 0.2) is 6.29 Å². The van der Waals surface area contributed by atoms with Crippen molar-refractivity contribution >= 4 is 7.82 Å². The molecule has 1 N–H and O–H groups in total. The molecule has 0 unspecified atom stereocenters. The van der Waals surface area contributed by atoms with E-state index in [1.54, 1.807) is 0 Å². The molecule has 0 aromatic carbocycles. The van der Waals surface area contributed by atoms with E-state index < -0.39 is 33.0 Å². The van der Waals surface area contributed by atoms with Crippen molar-refractivity contribution in [3.8, 4) is 0 Å². The zero-order valence-corrected chi connectivity index (χ0v) is 15.6. The van der Waals surface area contributed by atoms with Crippen molar-refractivity contribution in [1.29, 1.82) is 0 Å². The van der Waals surface area contributed by atoms with Crippen molar-refractivity contribution in [2.45, 2.75) is 25.0 Å². The number of halogens is 1. The quantitative estimate of drug-likeness (QED) is 0.409. The molecule has 0 aliphatic carbocycles. The summed E-state index contributed by atoms with van der Waals surface area (Å²) >= 11 is 0. The van der Waals surface area contributed by atoms with E-state index in [-0.39, 0.29) is 109 Å². The maximum atomic E-state index is 12.8. The normalized spacial score (nSPS) is 30.5. The van der Waals surface area contributed by atoms with Gasteiger partial charge in [0.05, 0.1) is 14.4 Å². The maximum absolute atomic E-state index is 12.8. The van der Waals surface area contributed by atoms with Crippen LogP contribution in [0, 0.1) is 0 Å². The van der Waals surface area contributed by atoms with E-state index >= 15 is 0 Å². The summed E-state index contributed by atoms with van der Waals surface area (Å²) in [7, 11) is -5.15. The Labute approximate surface area is 171 Å². The first-order valence-electron chi connectivity index (χ1n) is 3.53. The van der Waals surface area contributed by atoms with Gasteiger partial charge < -0.3 is 28.7 Å². The van der Waals surface area contributed by atoms with Crippen molar-refractivity contribution < 1.29 is 136 Å².